The van der Waals surface area contributed by atoms with Gasteiger partial charge in [0.25, 0.3) is 5.69 Å². The van der Waals surface area contributed by atoms with E-state index in [1.54, 1.807) is 0 Å². The van der Waals surface area contributed by atoms with Crippen LogP contribution in [-0.2, 0) is 11.3 Å². The second kappa shape index (κ2) is 6.70. The quantitative estimate of drug-likeness (QED) is 0.675. The summed E-state index contributed by atoms with van der Waals surface area (Å²) in [6.07, 6.45) is 3.18. The highest BCUT2D eigenvalue weighted by molar-refractivity contribution is 5.80. The minimum absolute atomic E-state index is 0.103. The van der Waals surface area contributed by atoms with Gasteiger partial charge in [0.1, 0.15) is 6.54 Å². The summed E-state index contributed by atoms with van der Waals surface area (Å²) in [5.41, 5.74) is 0.310. The number of aromatic nitrogens is 1. The Labute approximate surface area is 144 Å². The zero-order valence-corrected chi connectivity index (χ0v) is 14.2. The first kappa shape index (κ1) is 17.2. The number of carbonyl (C=O) groups excluding carboxylic acids is 1. The minimum Gasteiger partial charge on any atom is -0.407 e. The van der Waals surface area contributed by atoms with Crippen LogP contribution in [0, 0.1) is 22.0 Å². The standard InChI is InChI=1S/C17H21N3O5/c1-10-4-3-5-13(11(10)2)18-16(21)9-19-14-7-6-12(20(23)24)8-15(14)25-17(19)22/h6-8,10-11,13H,3-5,9H2,1-2H3,(H,18,21). The van der Waals surface area contributed by atoms with Crippen molar-refractivity contribution in [2.24, 2.45) is 11.8 Å². The molecule has 0 aliphatic heterocycles. The fourth-order valence-corrected chi connectivity index (χ4v) is 3.50. The Hall–Kier alpha value is -2.64. The van der Waals surface area contributed by atoms with Gasteiger partial charge in [0.05, 0.1) is 16.5 Å². The van der Waals surface area contributed by atoms with Gasteiger partial charge in [-0.3, -0.25) is 19.5 Å². The molecule has 1 aromatic heterocycles. The van der Waals surface area contributed by atoms with Crippen molar-refractivity contribution in [3.63, 3.8) is 0 Å². The highest BCUT2D eigenvalue weighted by Gasteiger charge is 2.28. The summed E-state index contributed by atoms with van der Waals surface area (Å²) >= 11 is 0. The van der Waals surface area contributed by atoms with E-state index in [1.807, 2.05) is 0 Å². The Morgan fingerprint density at radius 3 is 2.88 bits per heavy atom. The molecule has 8 nitrogen and oxygen atoms in total. The Balaban J connectivity index is 1.78. The van der Waals surface area contributed by atoms with Crippen LogP contribution in [0.15, 0.2) is 27.4 Å². The summed E-state index contributed by atoms with van der Waals surface area (Å²) in [4.78, 5) is 34.6. The van der Waals surface area contributed by atoms with Gasteiger partial charge in [-0.15, -0.1) is 0 Å². The van der Waals surface area contributed by atoms with Gasteiger partial charge in [0.15, 0.2) is 5.58 Å². The van der Waals surface area contributed by atoms with E-state index in [9.17, 15) is 19.7 Å². The van der Waals surface area contributed by atoms with Crippen LogP contribution >= 0.6 is 0 Å². The third-order valence-electron chi connectivity index (χ3n) is 5.22. The van der Waals surface area contributed by atoms with E-state index in [1.165, 1.54) is 22.8 Å². The fraction of sp³-hybridized carbons (Fsp3) is 0.529. The Kier molecular flexibility index (Phi) is 4.61. The van der Waals surface area contributed by atoms with Crippen LogP contribution in [-0.4, -0.2) is 21.4 Å². The zero-order valence-electron chi connectivity index (χ0n) is 14.2. The molecule has 2 aromatic rings. The maximum Gasteiger partial charge on any atom is 0.420 e. The maximum absolute atomic E-state index is 12.4. The highest BCUT2D eigenvalue weighted by atomic mass is 16.6. The average molecular weight is 347 g/mol. The summed E-state index contributed by atoms with van der Waals surface area (Å²) in [7, 11) is 0. The smallest absolute Gasteiger partial charge is 0.407 e. The summed E-state index contributed by atoms with van der Waals surface area (Å²) < 4.78 is 6.24. The number of non-ortho nitro benzene ring substituents is 1. The summed E-state index contributed by atoms with van der Waals surface area (Å²) in [6, 6.07) is 4.01. The molecule has 0 saturated heterocycles. The molecule has 1 aliphatic carbocycles. The van der Waals surface area contributed by atoms with Crippen molar-refractivity contribution in [2.75, 3.05) is 0 Å². The molecule has 1 aliphatic rings. The molecule has 0 radical (unpaired) electrons. The molecule has 1 aromatic carbocycles. The molecule has 3 unspecified atom stereocenters. The van der Waals surface area contributed by atoms with Crippen molar-refractivity contribution in [1.82, 2.24) is 9.88 Å². The number of oxazole rings is 1. The van der Waals surface area contributed by atoms with Crippen molar-refractivity contribution in [3.05, 3.63) is 38.9 Å². The molecule has 3 rings (SSSR count). The SMILES string of the molecule is CC1CCCC(NC(=O)Cn2c(=O)oc3cc([N+](=O)[O-])ccc32)C1C. The second-order valence-electron chi connectivity index (χ2n) is 6.80. The third-order valence-corrected chi connectivity index (χ3v) is 5.22. The van der Waals surface area contributed by atoms with Gasteiger partial charge in [0, 0.05) is 12.1 Å². The van der Waals surface area contributed by atoms with Crippen LogP contribution in [0.4, 0.5) is 5.69 Å². The minimum atomic E-state index is -0.698. The Morgan fingerprint density at radius 2 is 2.16 bits per heavy atom. The lowest BCUT2D eigenvalue weighted by Crippen LogP contribution is -2.45. The molecule has 8 heteroatoms. The van der Waals surface area contributed by atoms with Crippen LogP contribution in [0.1, 0.15) is 33.1 Å². The molecule has 1 fully saturated rings. The lowest BCUT2D eigenvalue weighted by Gasteiger charge is -2.34. The van der Waals surface area contributed by atoms with E-state index in [-0.39, 0.29) is 29.8 Å². The third kappa shape index (κ3) is 3.42. The van der Waals surface area contributed by atoms with Crippen LogP contribution < -0.4 is 11.1 Å². The van der Waals surface area contributed by atoms with Crippen molar-refractivity contribution in [3.8, 4) is 0 Å². The fourth-order valence-electron chi connectivity index (χ4n) is 3.50. The zero-order chi connectivity index (χ0) is 18.1. The van der Waals surface area contributed by atoms with E-state index >= 15 is 0 Å². The van der Waals surface area contributed by atoms with Gasteiger partial charge in [-0.25, -0.2) is 4.79 Å². The number of amides is 1. The van der Waals surface area contributed by atoms with E-state index < -0.39 is 10.7 Å². The molecular formula is C17H21N3O5. The van der Waals surface area contributed by atoms with Gasteiger partial charge >= 0.3 is 5.76 Å². The Morgan fingerprint density at radius 1 is 1.40 bits per heavy atom. The molecule has 1 amide bonds. The highest BCUT2D eigenvalue weighted by Crippen LogP contribution is 2.29. The molecule has 1 saturated carbocycles. The van der Waals surface area contributed by atoms with Gasteiger partial charge in [-0.05, 0) is 24.3 Å². The molecule has 0 bridgehead atoms. The van der Waals surface area contributed by atoms with Crippen molar-refractivity contribution >= 4 is 22.7 Å². The average Bonchev–Trinajstić information content (AvgIpc) is 2.86. The van der Waals surface area contributed by atoms with E-state index in [2.05, 4.69) is 19.2 Å². The number of carbonyl (C=O) groups is 1. The lowest BCUT2D eigenvalue weighted by atomic mass is 9.78. The number of nitrogens with zero attached hydrogens (tertiary/aromatic N) is 2. The molecule has 0 spiro atoms. The second-order valence-corrected chi connectivity index (χ2v) is 6.80. The Bertz CT molecular complexity index is 869. The van der Waals surface area contributed by atoms with E-state index in [0.29, 0.717) is 17.4 Å². The van der Waals surface area contributed by atoms with Gasteiger partial charge < -0.3 is 9.73 Å². The number of rotatable bonds is 4. The van der Waals surface area contributed by atoms with Crippen molar-refractivity contribution in [1.29, 1.82) is 0 Å². The largest absolute Gasteiger partial charge is 0.420 e. The number of nitro benzene ring substituents is 1. The number of fused-ring (bicyclic) bond motifs is 1. The van der Waals surface area contributed by atoms with Crippen LogP contribution in [0.2, 0.25) is 0 Å². The predicted octanol–water partition coefficient (Wildman–Crippen LogP) is 2.44. The molecular weight excluding hydrogens is 326 g/mol. The predicted molar refractivity (Wildman–Crippen MR) is 91.2 cm³/mol. The number of benzene rings is 1. The molecule has 134 valence electrons. The lowest BCUT2D eigenvalue weighted by molar-refractivity contribution is -0.384. The topological polar surface area (TPSA) is 107 Å². The summed E-state index contributed by atoms with van der Waals surface area (Å²) in [6.45, 7) is 4.15. The summed E-state index contributed by atoms with van der Waals surface area (Å²) in [5.74, 6) is -0.0138. The van der Waals surface area contributed by atoms with Gasteiger partial charge in [-0.1, -0.05) is 26.7 Å². The molecule has 1 heterocycles. The maximum atomic E-state index is 12.4. The van der Waals surface area contributed by atoms with Crippen LogP contribution in [0.3, 0.4) is 0 Å². The van der Waals surface area contributed by atoms with Gasteiger partial charge in [-0.2, -0.15) is 0 Å². The van der Waals surface area contributed by atoms with E-state index in [4.69, 9.17) is 4.42 Å². The number of nitro groups is 1. The first-order valence-electron chi connectivity index (χ1n) is 8.44. The number of hydrogen-bond acceptors (Lipinski definition) is 5. The van der Waals surface area contributed by atoms with Crippen LogP contribution in [0.25, 0.3) is 11.1 Å². The van der Waals surface area contributed by atoms with Crippen molar-refractivity contribution in [2.45, 2.75) is 45.7 Å². The van der Waals surface area contributed by atoms with E-state index in [0.717, 1.165) is 19.3 Å². The number of hydrogen-bond donors (Lipinski definition) is 1. The van der Waals surface area contributed by atoms with Crippen molar-refractivity contribution < 1.29 is 14.1 Å². The normalized spacial score (nSPS) is 23.5. The monoisotopic (exact) mass is 347 g/mol. The van der Waals surface area contributed by atoms with Gasteiger partial charge in [0.2, 0.25) is 5.91 Å². The number of nitrogens with one attached hydrogen (secondary N) is 1. The van der Waals surface area contributed by atoms with Crippen LogP contribution in [0.5, 0.6) is 0 Å². The first-order chi connectivity index (χ1) is 11.9. The molecule has 3 atom stereocenters. The first-order valence-corrected chi connectivity index (χ1v) is 8.44. The summed E-state index contributed by atoms with van der Waals surface area (Å²) in [5, 5.41) is 13.8. The molecule has 25 heavy (non-hydrogen) atoms. The molecule has 1 N–H and O–H groups in total.